The molecular weight excluding hydrogens is 228 g/mol. The Hall–Kier alpha value is -2.10. The van der Waals surface area contributed by atoms with Gasteiger partial charge in [-0.15, -0.1) is 0 Å². The number of Topliss-reactive ketones (excluding diaryl/α,β-unsaturated/α-hetero) is 2. The number of nitrogens with one attached hydrogen (secondary N) is 1. The molecule has 0 radical (unpaired) electrons. The summed E-state index contributed by atoms with van der Waals surface area (Å²) in [7, 11) is 0. The SMILES string of the molecule is CCCCNC1=C(N)C(=O)c2ccccc2C1=O. The number of unbranched alkanes of at least 4 members (excludes halogenated alkanes) is 1. The van der Waals surface area contributed by atoms with E-state index in [1.165, 1.54) is 0 Å². The summed E-state index contributed by atoms with van der Waals surface area (Å²) in [6, 6.07) is 6.76. The van der Waals surface area contributed by atoms with Gasteiger partial charge in [0.1, 0.15) is 11.4 Å². The minimum Gasteiger partial charge on any atom is -0.394 e. The number of rotatable bonds is 4. The maximum Gasteiger partial charge on any atom is 0.211 e. The molecule has 0 heterocycles. The number of allylic oxidation sites excluding steroid dienone is 2. The number of carbonyl (C=O) groups excluding carboxylic acids is 2. The van der Waals surface area contributed by atoms with Crippen molar-refractivity contribution in [3.63, 3.8) is 0 Å². The standard InChI is InChI=1S/C14H16N2O2/c1-2-3-8-16-12-11(15)13(17)9-6-4-5-7-10(9)14(12)18/h4-7,16H,2-3,8,15H2,1H3. The predicted octanol–water partition coefficient (Wildman–Crippen LogP) is 1.63. The fourth-order valence-electron chi connectivity index (χ4n) is 1.96. The first-order valence-electron chi connectivity index (χ1n) is 6.08. The van der Waals surface area contributed by atoms with Crippen LogP contribution in [-0.4, -0.2) is 18.1 Å². The lowest BCUT2D eigenvalue weighted by atomic mass is 9.90. The molecule has 0 saturated heterocycles. The molecule has 0 atom stereocenters. The van der Waals surface area contributed by atoms with E-state index in [0.717, 1.165) is 12.8 Å². The summed E-state index contributed by atoms with van der Waals surface area (Å²) < 4.78 is 0. The van der Waals surface area contributed by atoms with E-state index in [1.54, 1.807) is 24.3 Å². The summed E-state index contributed by atoms with van der Waals surface area (Å²) in [6.45, 7) is 2.70. The molecule has 4 heteroatoms. The Balaban J connectivity index is 2.34. The minimum absolute atomic E-state index is 0.0230. The Bertz CT molecular complexity index is 532. The summed E-state index contributed by atoms with van der Waals surface area (Å²) in [6.07, 6.45) is 1.94. The first kappa shape index (κ1) is 12.4. The molecule has 0 saturated carbocycles. The van der Waals surface area contributed by atoms with E-state index in [-0.39, 0.29) is 23.0 Å². The van der Waals surface area contributed by atoms with Crippen LogP contribution in [0.3, 0.4) is 0 Å². The van der Waals surface area contributed by atoms with Crippen LogP contribution in [0.25, 0.3) is 0 Å². The maximum absolute atomic E-state index is 12.2. The van der Waals surface area contributed by atoms with Crippen LogP contribution < -0.4 is 11.1 Å². The quantitative estimate of drug-likeness (QED) is 0.789. The molecule has 0 aromatic heterocycles. The number of hydrogen-bond acceptors (Lipinski definition) is 4. The first-order chi connectivity index (χ1) is 8.66. The van der Waals surface area contributed by atoms with Gasteiger partial charge >= 0.3 is 0 Å². The van der Waals surface area contributed by atoms with Crippen molar-refractivity contribution in [2.45, 2.75) is 19.8 Å². The molecule has 4 nitrogen and oxygen atoms in total. The summed E-state index contributed by atoms with van der Waals surface area (Å²) in [5, 5.41) is 2.98. The van der Waals surface area contributed by atoms with Gasteiger partial charge in [0.05, 0.1) is 0 Å². The maximum atomic E-state index is 12.2. The Morgan fingerprint density at radius 1 is 1.11 bits per heavy atom. The van der Waals surface area contributed by atoms with Crippen molar-refractivity contribution in [2.75, 3.05) is 6.54 Å². The highest BCUT2D eigenvalue weighted by molar-refractivity contribution is 6.26. The Morgan fingerprint density at radius 3 is 2.33 bits per heavy atom. The smallest absolute Gasteiger partial charge is 0.211 e. The van der Waals surface area contributed by atoms with E-state index in [9.17, 15) is 9.59 Å². The van der Waals surface area contributed by atoms with Crippen LogP contribution in [0.5, 0.6) is 0 Å². The van der Waals surface area contributed by atoms with Gasteiger partial charge in [0, 0.05) is 17.7 Å². The van der Waals surface area contributed by atoms with E-state index in [0.29, 0.717) is 17.7 Å². The Kier molecular flexibility index (Phi) is 3.46. The van der Waals surface area contributed by atoms with Crippen LogP contribution in [-0.2, 0) is 0 Å². The van der Waals surface area contributed by atoms with Gasteiger partial charge in [0.2, 0.25) is 11.6 Å². The van der Waals surface area contributed by atoms with Gasteiger partial charge in [-0.2, -0.15) is 0 Å². The van der Waals surface area contributed by atoms with E-state index in [2.05, 4.69) is 12.2 Å². The predicted molar refractivity (Wildman–Crippen MR) is 69.2 cm³/mol. The molecule has 94 valence electrons. The van der Waals surface area contributed by atoms with Crippen molar-refractivity contribution in [2.24, 2.45) is 5.73 Å². The van der Waals surface area contributed by atoms with Crippen LogP contribution in [0.15, 0.2) is 35.7 Å². The van der Waals surface area contributed by atoms with Crippen LogP contribution >= 0.6 is 0 Å². The molecule has 2 rings (SSSR count). The van der Waals surface area contributed by atoms with Gasteiger partial charge in [-0.05, 0) is 6.42 Å². The van der Waals surface area contributed by atoms with Crippen molar-refractivity contribution in [1.82, 2.24) is 5.32 Å². The van der Waals surface area contributed by atoms with Gasteiger partial charge in [-0.1, -0.05) is 37.6 Å². The van der Waals surface area contributed by atoms with Gasteiger partial charge in [0.15, 0.2) is 0 Å². The Morgan fingerprint density at radius 2 is 1.72 bits per heavy atom. The molecule has 1 aliphatic carbocycles. The summed E-state index contributed by atoms with van der Waals surface area (Å²) in [5.41, 5.74) is 6.84. The van der Waals surface area contributed by atoms with Crippen molar-refractivity contribution in [3.05, 3.63) is 46.8 Å². The van der Waals surface area contributed by atoms with Gasteiger partial charge in [-0.3, -0.25) is 9.59 Å². The van der Waals surface area contributed by atoms with E-state index in [1.807, 2.05) is 0 Å². The van der Waals surface area contributed by atoms with Crippen LogP contribution in [0.4, 0.5) is 0 Å². The molecule has 3 N–H and O–H groups in total. The topological polar surface area (TPSA) is 72.2 Å². The highest BCUT2D eigenvalue weighted by Gasteiger charge is 2.30. The van der Waals surface area contributed by atoms with Crippen LogP contribution in [0.2, 0.25) is 0 Å². The van der Waals surface area contributed by atoms with Crippen molar-refractivity contribution >= 4 is 11.6 Å². The van der Waals surface area contributed by atoms with Gasteiger partial charge < -0.3 is 11.1 Å². The number of carbonyl (C=O) groups is 2. The number of hydrogen-bond donors (Lipinski definition) is 2. The van der Waals surface area contributed by atoms with Crippen LogP contribution in [0, 0.1) is 0 Å². The highest BCUT2D eigenvalue weighted by Crippen LogP contribution is 2.22. The largest absolute Gasteiger partial charge is 0.394 e. The monoisotopic (exact) mass is 244 g/mol. The fourth-order valence-corrected chi connectivity index (χ4v) is 1.96. The lowest BCUT2D eigenvalue weighted by Crippen LogP contribution is -2.33. The molecule has 0 amide bonds. The third-order valence-corrected chi connectivity index (χ3v) is 2.99. The average molecular weight is 244 g/mol. The Labute approximate surface area is 106 Å². The molecule has 0 fully saturated rings. The van der Waals surface area contributed by atoms with E-state index < -0.39 is 0 Å². The number of ketones is 2. The minimum atomic E-state index is -0.274. The molecule has 1 aliphatic rings. The average Bonchev–Trinajstić information content (AvgIpc) is 2.40. The third kappa shape index (κ3) is 2.01. The lowest BCUT2D eigenvalue weighted by Gasteiger charge is -2.19. The molecule has 0 bridgehead atoms. The molecular formula is C14H16N2O2. The van der Waals surface area contributed by atoms with Crippen LogP contribution in [0.1, 0.15) is 40.5 Å². The zero-order valence-corrected chi connectivity index (χ0v) is 10.3. The first-order valence-corrected chi connectivity index (χ1v) is 6.08. The molecule has 0 unspecified atom stereocenters. The second kappa shape index (κ2) is 5.04. The van der Waals surface area contributed by atoms with Crippen molar-refractivity contribution in [1.29, 1.82) is 0 Å². The van der Waals surface area contributed by atoms with Crippen molar-refractivity contribution < 1.29 is 9.59 Å². The van der Waals surface area contributed by atoms with E-state index >= 15 is 0 Å². The second-order valence-electron chi connectivity index (χ2n) is 4.27. The molecule has 1 aromatic carbocycles. The summed E-state index contributed by atoms with van der Waals surface area (Å²) in [4.78, 5) is 24.2. The molecule has 0 spiro atoms. The fraction of sp³-hybridized carbons (Fsp3) is 0.286. The molecule has 0 aliphatic heterocycles. The number of fused-ring (bicyclic) bond motifs is 1. The zero-order valence-electron chi connectivity index (χ0n) is 10.3. The molecule has 1 aromatic rings. The third-order valence-electron chi connectivity index (χ3n) is 2.99. The summed E-state index contributed by atoms with van der Waals surface area (Å²) >= 11 is 0. The number of benzene rings is 1. The summed E-state index contributed by atoms with van der Waals surface area (Å²) in [5.74, 6) is -0.469. The number of nitrogens with two attached hydrogens (primary N) is 1. The van der Waals surface area contributed by atoms with Crippen molar-refractivity contribution in [3.8, 4) is 0 Å². The second-order valence-corrected chi connectivity index (χ2v) is 4.27. The molecule has 18 heavy (non-hydrogen) atoms. The van der Waals surface area contributed by atoms with Gasteiger partial charge in [0.25, 0.3) is 0 Å². The highest BCUT2D eigenvalue weighted by atomic mass is 16.1. The lowest BCUT2D eigenvalue weighted by molar-refractivity contribution is 0.0967. The van der Waals surface area contributed by atoms with E-state index in [4.69, 9.17) is 5.73 Å². The zero-order chi connectivity index (χ0) is 13.1. The normalized spacial score (nSPS) is 14.7. The van der Waals surface area contributed by atoms with Gasteiger partial charge in [-0.25, -0.2) is 0 Å².